The minimum absolute atomic E-state index is 0.0152. The van der Waals surface area contributed by atoms with Crippen molar-refractivity contribution >= 4 is 44.2 Å². The predicted octanol–water partition coefficient (Wildman–Crippen LogP) is 9.16. The molecule has 61 heavy (non-hydrogen) atoms. The Bertz CT molecular complexity index is 2630. The van der Waals surface area contributed by atoms with Gasteiger partial charge in [-0.15, -0.1) is 0 Å². The largest absolute Gasteiger partial charge is 0.463 e. The topological polar surface area (TPSA) is 111 Å². The molecule has 8 nitrogen and oxygen atoms in total. The fourth-order valence-electron chi connectivity index (χ4n) is 6.22. The van der Waals surface area contributed by atoms with E-state index in [1.54, 1.807) is 42.5 Å². The van der Waals surface area contributed by atoms with E-state index in [1.165, 1.54) is 27.3 Å². The van der Waals surface area contributed by atoms with Gasteiger partial charge in [0.25, 0.3) is 28.8 Å². The molecule has 0 saturated carbocycles. The van der Waals surface area contributed by atoms with Gasteiger partial charge < -0.3 is 24.1 Å². The van der Waals surface area contributed by atoms with Crippen molar-refractivity contribution in [1.82, 2.24) is 9.13 Å². The molecule has 21 heteroatoms. The standard InChI is InChI=1S/C21H15F6NO4.C19H12BrF6NO2/c22-20(23,24)19(31,21(25,26)27)16-5-1-13(2-6-16)10-28-17-7-3-14(11-32-12-29)9-15(17)4-8-18(28)30;20-14-6-7-15-12(9-14)3-8-16(28)27(15)10-11-1-4-13(5-2-11)17(29,18(21,22)23)19(24,25)26/h1-9,12,31H,10-11H2;1-9,29H,10H2. The van der Waals surface area contributed by atoms with Crippen LogP contribution < -0.4 is 11.1 Å². The quantitative estimate of drug-likeness (QED) is 0.111. The molecule has 6 rings (SSSR count). The number of hydrogen-bond donors (Lipinski definition) is 2. The molecule has 0 aliphatic carbocycles. The molecule has 0 aliphatic heterocycles. The Morgan fingerprint density at radius 3 is 1.25 bits per heavy atom. The number of benzene rings is 4. The Hall–Kier alpha value is -5.67. The van der Waals surface area contributed by atoms with Gasteiger partial charge in [0.05, 0.1) is 24.1 Å². The van der Waals surface area contributed by atoms with Crippen molar-refractivity contribution in [2.75, 3.05) is 0 Å². The third-order valence-corrected chi connectivity index (χ3v) is 9.88. The number of hydrogen-bond acceptors (Lipinski definition) is 6. The minimum atomic E-state index is -5.98. The lowest BCUT2D eigenvalue weighted by Gasteiger charge is -2.32. The van der Waals surface area contributed by atoms with Gasteiger partial charge in [-0.05, 0) is 69.9 Å². The van der Waals surface area contributed by atoms with Crippen molar-refractivity contribution in [2.45, 2.75) is 55.6 Å². The lowest BCUT2D eigenvalue weighted by Crippen LogP contribution is -2.53. The molecular formula is C40H27BrF12N2O6. The van der Waals surface area contributed by atoms with Crippen LogP contribution in [0.2, 0.25) is 0 Å². The molecule has 0 aliphatic rings. The molecule has 0 fully saturated rings. The molecule has 2 N–H and O–H groups in total. The van der Waals surface area contributed by atoms with Crippen molar-refractivity contribution in [2.24, 2.45) is 0 Å². The second kappa shape index (κ2) is 17.0. The van der Waals surface area contributed by atoms with Crippen molar-refractivity contribution in [3.8, 4) is 0 Å². The third kappa shape index (κ3) is 9.32. The summed E-state index contributed by atoms with van der Waals surface area (Å²) < 4.78 is 164. The van der Waals surface area contributed by atoms with Crippen molar-refractivity contribution in [3.63, 3.8) is 0 Å². The van der Waals surface area contributed by atoms with Crippen LogP contribution in [0.4, 0.5) is 52.7 Å². The van der Waals surface area contributed by atoms with E-state index in [2.05, 4.69) is 20.7 Å². The first kappa shape index (κ1) is 46.4. The van der Waals surface area contributed by atoms with Gasteiger partial charge in [-0.1, -0.05) is 70.5 Å². The second-order valence-corrected chi connectivity index (χ2v) is 14.2. The number of carbonyl (C=O) groups excluding carboxylic acids is 1. The Morgan fingerprint density at radius 2 is 0.869 bits per heavy atom. The van der Waals surface area contributed by atoms with E-state index >= 15 is 0 Å². The molecule has 4 aromatic carbocycles. The minimum Gasteiger partial charge on any atom is -0.463 e. The summed E-state index contributed by atoms with van der Waals surface area (Å²) in [5, 5.41) is 20.2. The molecule has 0 saturated heterocycles. The summed E-state index contributed by atoms with van der Waals surface area (Å²) in [5.41, 5.74) is -11.4. The van der Waals surface area contributed by atoms with Gasteiger partial charge >= 0.3 is 24.7 Å². The lowest BCUT2D eigenvalue weighted by molar-refractivity contribution is -0.376. The Labute approximate surface area is 343 Å². The van der Waals surface area contributed by atoms with E-state index in [9.17, 15) is 77.3 Å². The third-order valence-electron chi connectivity index (χ3n) is 9.39. The van der Waals surface area contributed by atoms with E-state index in [0.717, 1.165) is 34.1 Å². The lowest BCUT2D eigenvalue weighted by atomic mass is 9.91. The summed E-state index contributed by atoms with van der Waals surface area (Å²) in [4.78, 5) is 34.9. The average Bonchev–Trinajstić information content (AvgIpc) is 3.17. The van der Waals surface area contributed by atoms with Crippen molar-refractivity contribution in [3.05, 3.63) is 162 Å². The first-order chi connectivity index (χ1) is 28.2. The van der Waals surface area contributed by atoms with Crippen LogP contribution in [-0.4, -0.2) is 50.5 Å². The van der Waals surface area contributed by atoms with Crippen LogP contribution in [0.25, 0.3) is 21.8 Å². The first-order valence-electron chi connectivity index (χ1n) is 17.1. The predicted molar refractivity (Wildman–Crippen MR) is 198 cm³/mol. The van der Waals surface area contributed by atoms with E-state index in [1.807, 2.05) is 0 Å². The molecule has 2 heterocycles. The number of ether oxygens (including phenoxy) is 1. The van der Waals surface area contributed by atoms with Gasteiger partial charge in [-0.3, -0.25) is 14.4 Å². The molecule has 0 spiro atoms. The summed E-state index contributed by atoms with van der Waals surface area (Å²) in [5.74, 6) is 0. The normalized spacial score (nSPS) is 12.9. The van der Waals surface area contributed by atoms with Crippen LogP contribution >= 0.6 is 15.9 Å². The molecular weight excluding hydrogens is 912 g/mol. The fourth-order valence-corrected chi connectivity index (χ4v) is 6.60. The highest BCUT2D eigenvalue weighted by Crippen LogP contribution is 2.51. The summed E-state index contributed by atoms with van der Waals surface area (Å²) in [6.45, 7) is 0.0837. The molecule has 0 atom stereocenters. The van der Waals surface area contributed by atoms with Crippen LogP contribution in [0.1, 0.15) is 27.8 Å². The van der Waals surface area contributed by atoms with E-state index in [-0.39, 0.29) is 42.9 Å². The van der Waals surface area contributed by atoms with E-state index in [4.69, 9.17) is 0 Å². The number of rotatable bonds is 9. The highest BCUT2D eigenvalue weighted by Gasteiger charge is 2.72. The first-order valence-corrected chi connectivity index (χ1v) is 17.9. The van der Waals surface area contributed by atoms with Crippen LogP contribution in [0, 0.1) is 0 Å². The monoisotopic (exact) mass is 938 g/mol. The number of nitrogens with zero attached hydrogens (tertiary/aromatic N) is 2. The number of fused-ring (bicyclic) bond motifs is 2. The second-order valence-electron chi connectivity index (χ2n) is 13.3. The fraction of sp³-hybridized carbons (Fsp3) is 0.225. The van der Waals surface area contributed by atoms with Crippen molar-refractivity contribution < 1.29 is 72.4 Å². The molecule has 0 bridgehead atoms. The number of aromatic nitrogens is 2. The maximum atomic E-state index is 13.0. The number of alkyl halides is 12. The smallest absolute Gasteiger partial charge is 0.430 e. The molecule has 2 aromatic heterocycles. The molecule has 0 radical (unpaired) electrons. The van der Waals surface area contributed by atoms with Gasteiger partial charge in [0.1, 0.15) is 6.61 Å². The van der Waals surface area contributed by atoms with Crippen molar-refractivity contribution in [1.29, 1.82) is 0 Å². The average molecular weight is 940 g/mol. The molecule has 6 aromatic rings. The highest BCUT2D eigenvalue weighted by atomic mass is 79.9. The Kier molecular flexibility index (Phi) is 12.9. The Morgan fingerprint density at radius 1 is 0.508 bits per heavy atom. The summed E-state index contributed by atoms with van der Waals surface area (Å²) in [6.07, 6.45) is -23.9. The Balaban J connectivity index is 0.000000232. The van der Waals surface area contributed by atoms with Crippen LogP contribution in [-0.2, 0) is 40.4 Å². The van der Waals surface area contributed by atoms with Crippen LogP contribution in [0.5, 0.6) is 0 Å². The number of aliphatic hydroxyl groups is 2. The van der Waals surface area contributed by atoms with E-state index < -0.39 is 52.6 Å². The number of carbonyl (C=O) groups is 1. The van der Waals surface area contributed by atoms with Crippen LogP contribution in [0.15, 0.2) is 123 Å². The molecule has 0 unspecified atom stereocenters. The maximum Gasteiger partial charge on any atom is 0.430 e. The summed E-state index contributed by atoms with van der Waals surface area (Å²) in [6, 6.07) is 21.9. The van der Waals surface area contributed by atoms with E-state index in [0.29, 0.717) is 46.2 Å². The van der Waals surface area contributed by atoms with Gasteiger partial charge in [0.15, 0.2) is 0 Å². The zero-order valence-corrected chi connectivity index (χ0v) is 32.0. The van der Waals surface area contributed by atoms with Gasteiger partial charge in [0.2, 0.25) is 0 Å². The maximum absolute atomic E-state index is 13.0. The number of pyridine rings is 2. The zero-order valence-electron chi connectivity index (χ0n) is 30.4. The van der Waals surface area contributed by atoms with Gasteiger partial charge in [-0.2, -0.15) is 52.7 Å². The van der Waals surface area contributed by atoms with Crippen LogP contribution in [0.3, 0.4) is 0 Å². The van der Waals surface area contributed by atoms with Gasteiger partial charge in [0, 0.05) is 27.7 Å². The summed E-state index contributed by atoms with van der Waals surface area (Å²) in [7, 11) is 0. The highest BCUT2D eigenvalue weighted by molar-refractivity contribution is 9.10. The zero-order chi connectivity index (χ0) is 45.3. The number of halogens is 13. The SMILES string of the molecule is O=COCc1ccc2c(ccc(=O)n2Cc2ccc(C(O)(C(F)(F)F)C(F)(F)F)cc2)c1.O=c1ccc2cc(Br)ccc2n1Cc1ccc(C(O)(C(F)(F)F)C(F)(F)F)cc1. The molecule has 324 valence electrons. The molecule has 0 amide bonds. The van der Waals surface area contributed by atoms with Gasteiger partial charge in [-0.25, -0.2) is 0 Å². The summed E-state index contributed by atoms with van der Waals surface area (Å²) >= 11 is 3.31.